The molecule has 0 aliphatic carbocycles. The molecule has 1 N–H and O–H groups in total. The maximum absolute atomic E-state index is 5.91. The Hall–Kier alpha value is -1.92. The number of hydrogen-bond donors (Lipinski definition) is 1. The van der Waals surface area contributed by atoms with Gasteiger partial charge < -0.3 is 14.8 Å². The number of nitrogens with one attached hydrogen (secondary N) is 1. The number of rotatable bonds is 5. The molecule has 6 nitrogen and oxygen atoms in total. The van der Waals surface area contributed by atoms with Crippen LogP contribution < -0.4 is 10.1 Å². The van der Waals surface area contributed by atoms with Crippen molar-refractivity contribution in [1.29, 1.82) is 0 Å². The molecule has 2 fully saturated rings. The smallest absolute Gasteiger partial charge is 0.150 e. The lowest BCUT2D eigenvalue weighted by Crippen LogP contribution is -2.33. The molecule has 2 atom stereocenters. The molecule has 6 heteroatoms. The van der Waals surface area contributed by atoms with Gasteiger partial charge in [0.1, 0.15) is 5.75 Å². The molecular weight excluding hydrogens is 316 g/mol. The molecule has 2 aromatic rings. The average Bonchev–Trinajstić information content (AvgIpc) is 3.18. The number of ether oxygens (including phenoxy) is 2. The van der Waals surface area contributed by atoms with Gasteiger partial charge in [0.25, 0.3) is 0 Å². The van der Waals surface area contributed by atoms with Crippen molar-refractivity contribution in [3.8, 4) is 17.1 Å². The molecule has 4 heterocycles. The van der Waals surface area contributed by atoms with Gasteiger partial charge in [-0.15, -0.1) is 0 Å². The Morgan fingerprint density at radius 1 is 1.20 bits per heavy atom. The molecule has 0 spiro atoms. The van der Waals surface area contributed by atoms with Crippen LogP contribution in [0.3, 0.4) is 0 Å². The second kappa shape index (κ2) is 7.97. The molecule has 134 valence electrons. The fraction of sp³-hybridized carbons (Fsp3) is 0.579. The summed E-state index contributed by atoms with van der Waals surface area (Å²) in [7, 11) is 0. The van der Waals surface area contributed by atoms with Crippen LogP contribution in [0.2, 0.25) is 0 Å². The maximum atomic E-state index is 5.91. The third-order valence-electron chi connectivity index (χ3n) is 4.98. The van der Waals surface area contributed by atoms with Gasteiger partial charge in [0, 0.05) is 25.3 Å². The van der Waals surface area contributed by atoms with E-state index in [1.807, 2.05) is 35.3 Å². The number of nitrogens with zero attached hydrogens (tertiary/aromatic N) is 3. The van der Waals surface area contributed by atoms with Crippen LogP contribution in [0.4, 0.5) is 0 Å². The molecule has 0 saturated carbocycles. The Bertz CT molecular complexity index is 658. The van der Waals surface area contributed by atoms with Crippen LogP contribution in [-0.2, 0) is 4.74 Å². The molecule has 0 radical (unpaired) electrons. The van der Waals surface area contributed by atoms with Crippen molar-refractivity contribution in [2.75, 3.05) is 26.3 Å². The summed E-state index contributed by atoms with van der Waals surface area (Å²) in [6.07, 6.45) is 9.44. The van der Waals surface area contributed by atoms with E-state index in [-0.39, 0.29) is 6.23 Å². The summed E-state index contributed by atoms with van der Waals surface area (Å²) in [5.41, 5.74) is 1.90. The Kier molecular flexibility index (Phi) is 5.28. The molecule has 2 saturated heterocycles. The van der Waals surface area contributed by atoms with E-state index < -0.39 is 0 Å². The van der Waals surface area contributed by atoms with Gasteiger partial charge in [-0.1, -0.05) is 0 Å². The van der Waals surface area contributed by atoms with E-state index >= 15 is 0 Å². The second-order valence-corrected chi connectivity index (χ2v) is 6.88. The van der Waals surface area contributed by atoms with Gasteiger partial charge in [-0.3, -0.25) is 4.98 Å². The van der Waals surface area contributed by atoms with Gasteiger partial charge in [0.15, 0.2) is 6.23 Å². The van der Waals surface area contributed by atoms with Gasteiger partial charge in [-0.05, 0) is 56.8 Å². The van der Waals surface area contributed by atoms with Gasteiger partial charge in [-0.2, -0.15) is 5.10 Å². The predicted octanol–water partition coefficient (Wildman–Crippen LogP) is 3.02. The van der Waals surface area contributed by atoms with E-state index in [9.17, 15) is 0 Å². The van der Waals surface area contributed by atoms with Crippen LogP contribution in [0.15, 0.2) is 30.6 Å². The van der Waals surface area contributed by atoms with Crippen LogP contribution in [0.5, 0.6) is 5.75 Å². The van der Waals surface area contributed by atoms with E-state index in [0.717, 1.165) is 56.3 Å². The first-order valence-corrected chi connectivity index (χ1v) is 9.35. The van der Waals surface area contributed by atoms with E-state index in [1.165, 1.54) is 19.3 Å². The van der Waals surface area contributed by atoms with E-state index in [2.05, 4.69) is 15.4 Å². The summed E-state index contributed by atoms with van der Waals surface area (Å²) in [5, 5.41) is 7.87. The van der Waals surface area contributed by atoms with Crippen molar-refractivity contribution in [1.82, 2.24) is 20.1 Å². The van der Waals surface area contributed by atoms with Crippen LogP contribution in [0, 0.1) is 5.92 Å². The Labute approximate surface area is 148 Å². The highest BCUT2D eigenvalue weighted by Gasteiger charge is 2.20. The molecule has 2 aliphatic rings. The molecule has 2 aliphatic heterocycles. The Balaban J connectivity index is 1.41. The van der Waals surface area contributed by atoms with Crippen molar-refractivity contribution in [3.63, 3.8) is 0 Å². The van der Waals surface area contributed by atoms with Gasteiger partial charge >= 0.3 is 0 Å². The molecule has 0 amide bonds. The zero-order valence-electron chi connectivity index (χ0n) is 14.6. The van der Waals surface area contributed by atoms with Gasteiger partial charge in [0.05, 0.1) is 24.2 Å². The first-order valence-electron chi connectivity index (χ1n) is 9.35. The third-order valence-corrected chi connectivity index (χ3v) is 4.98. The summed E-state index contributed by atoms with van der Waals surface area (Å²) in [6, 6.07) is 6.00. The zero-order valence-corrected chi connectivity index (χ0v) is 14.6. The number of aromatic nitrogens is 3. The second-order valence-electron chi connectivity index (χ2n) is 6.88. The van der Waals surface area contributed by atoms with E-state index in [4.69, 9.17) is 9.47 Å². The van der Waals surface area contributed by atoms with Crippen molar-refractivity contribution >= 4 is 0 Å². The number of piperidine rings is 1. The monoisotopic (exact) mass is 342 g/mol. The molecule has 25 heavy (non-hydrogen) atoms. The molecular formula is C19H26N4O2. The van der Waals surface area contributed by atoms with Crippen molar-refractivity contribution in [2.45, 2.75) is 38.3 Å². The average molecular weight is 342 g/mol. The van der Waals surface area contributed by atoms with Crippen LogP contribution in [0.25, 0.3) is 11.4 Å². The topological polar surface area (TPSA) is 61.2 Å². The maximum Gasteiger partial charge on any atom is 0.150 e. The lowest BCUT2D eigenvalue weighted by Gasteiger charge is -2.24. The fourth-order valence-electron chi connectivity index (χ4n) is 3.56. The Morgan fingerprint density at radius 3 is 2.96 bits per heavy atom. The predicted molar refractivity (Wildman–Crippen MR) is 95.4 cm³/mol. The first-order chi connectivity index (χ1) is 12.4. The van der Waals surface area contributed by atoms with Gasteiger partial charge in [-0.25, -0.2) is 4.68 Å². The normalized spacial score (nSPS) is 24.2. The molecule has 0 bridgehead atoms. The summed E-state index contributed by atoms with van der Waals surface area (Å²) < 4.78 is 13.7. The lowest BCUT2D eigenvalue weighted by atomic mass is 10.0. The highest BCUT2D eigenvalue weighted by molar-refractivity contribution is 5.54. The lowest BCUT2D eigenvalue weighted by molar-refractivity contribution is -0.0384. The molecule has 4 rings (SSSR count). The van der Waals surface area contributed by atoms with E-state index in [1.54, 1.807) is 0 Å². The summed E-state index contributed by atoms with van der Waals surface area (Å²) >= 11 is 0. The Morgan fingerprint density at radius 2 is 2.20 bits per heavy atom. The number of hydrogen-bond acceptors (Lipinski definition) is 5. The van der Waals surface area contributed by atoms with Gasteiger partial charge in [0.2, 0.25) is 0 Å². The third kappa shape index (κ3) is 4.02. The quantitative estimate of drug-likeness (QED) is 0.905. The van der Waals surface area contributed by atoms with Crippen LogP contribution in [0.1, 0.15) is 38.3 Å². The molecule has 1 unspecified atom stereocenters. The van der Waals surface area contributed by atoms with Crippen LogP contribution >= 0.6 is 0 Å². The fourth-order valence-corrected chi connectivity index (χ4v) is 3.56. The SMILES string of the molecule is c1cc(-c2ccc(OC[C@@H]3CCCNC3)cn2)n(C2CCCCO2)n1. The summed E-state index contributed by atoms with van der Waals surface area (Å²) in [5.74, 6) is 1.42. The summed E-state index contributed by atoms with van der Waals surface area (Å²) in [4.78, 5) is 4.58. The van der Waals surface area contributed by atoms with Crippen LogP contribution in [-0.4, -0.2) is 41.1 Å². The first kappa shape index (κ1) is 16.5. The van der Waals surface area contributed by atoms with E-state index in [0.29, 0.717) is 5.92 Å². The minimum absolute atomic E-state index is 0.0234. The number of pyridine rings is 1. The van der Waals surface area contributed by atoms with Crippen molar-refractivity contribution < 1.29 is 9.47 Å². The molecule has 0 aromatic carbocycles. The summed E-state index contributed by atoms with van der Waals surface area (Å²) in [6.45, 7) is 3.74. The minimum Gasteiger partial charge on any atom is -0.492 e. The molecule has 2 aromatic heterocycles. The zero-order chi connectivity index (χ0) is 16.9. The standard InChI is InChI=1S/C19H26N4O2/c1-2-11-24-19(5-1)23-18(8-10-22-23)17-7-6-16(13-21-17)25-14-15-4-3-9-20-12-15/h6-8,10,13,15,19-20H,1-5,9,11-12,14H2/t15-,19?/m1/s1. The van der Waals surface area contributed by atoms with Crippen molar-refractivity contribution in [2.24, 2.45) is 5.92 Å². The highest BCUT2D eigenvalue weighted by Crippen LogP contribution is 2.28. The highest BCUT2D eigenvalue weighted by atomic mass is 16.5. The largest absolute Gasteiger partial charge is 0.492 e. The minimum atomic E-state index is 0.0234. The van der Waals surface area contributed by atoms with Crippen molar-refractivity contribution in [3.05, 3.63) is 30.6 Å².